The van der Waals surface area contributed by atoms with E-state index >= 15 is 0 Å². The molecule has 1 N–H and O–H groups in total. The molecular weight excluding hydrogens is 286 g/mol. The Morgan fingerprint density at radius 1 is 1.29 bits per heavy atom. The maximum Gasteiger partial charge on any atom is 0.243 e. The minimum atomic E-state index is -3.37. The van der Waals surface area contributed by atoms with Crippen molar-refractivity contribution in [2.45, 2.75) is 30.3 Å². The Balaban J connectivity index is 2.15. The van der Waals surface area contributed by atoms with E-state index in [-0.39, 0.29) is 6.04 Å². The van der Waals surface area contributed by atoms with Crippen LogP contribution in [0, 0.1) is 0 Å². The molecule has 1 aliphatic heterocycles. The molecule has 1 fully saturated rings. The third kappa shape index (κ3) is 4.03. The number of hydrogen-bond acceptors (Lipinski definition) is 4. The van der Waals surface area contributed by atoms with E-state index in [1.165, 1.54) is 0 Å². The summed E-state index contributed by atoms with van der Waals surface area (Å²) in [6.45, 7) is 1.98. The lowest BCUT2D eigenvalue weighted by atomic mass is 10.1. The molecule has 0 amide bonds. The van der Waals surface area contributed by atoms with Gasteiger partial charge in [0, 0.05) is 25.7 Å². The van der Waals surface area contributed by atoms with E-state index in [9.17, 15) is 8.42 Å². The summed E-state index contributed by atoms with van der Waals surface area (Å²) in [6, 6.07) is 7.48. The Morgan fingerprint density at radius 3 is 2.52 bits per heavy atom. The molecule has 0 aliphatic carbocycles. The molecule has 0 aromatic heterocycles. The fourth-order valence-corrected chi connectivity index (χ4v) is 4.20. The summed E-state index contributed by atoms with van der Waals surface area (Å²) in [5, 5.41) is 3.18. The summed E-state index contributed by atoms with van der Waals surface area (Å²) in [5.41, 5.74) is 1.12. The number of hydrogen-bond donors (Lipinski definition) is 1. The fourth-order valence-electron chi connectivity index (χ4n) is 2.68. The maximum atomic E-state index is 12.7. The zero-order valence-corrected chi connectivity index (χ0v) is 13.9. The van der Waals surface area contributed by atoms with Crippen molar-refractivity contribution in [3.63, 3.8) is 0 Å². The lowest BCUT2D eigenvalue weighted by molar-refractivity contribution is 0.293. The summed E-state index contributed by atoms with van der Waals surface area (Å²) in [7, 11) is 2.51. The average molecular weight is 311 g/mol. The van der Waals surface area contributed by atoms with Crippen LogP contribution in [0.5, 0.6) is 0 Å². The van der Waals surface area contributed by atoms with Gasteiger partial charge in [-0.1, -0.05) is 12.1 Å². The predicted octanol–water partition coefficient (Wildman–Crippen LogP) is 1.12. The molecule has 0 radical (unpaired) electrons. The highest BCUT2D eigenvalue weighted by molar-refractivity contribution is 7.89. The molecule has 21 heavy (non-hydrogen) atoms. The number of nitrogens with one attached hydrogen (secondary N) is 1. The SMILES string of the molecule is CNC1CCCN(S(=O)(=O)c2ccc(CN(C)C)cc2)C1. The lowest BCUT2D eigenvalue weighted by Gasteiger charge is -2.31. The number of rotatable bonds is 5. The highest BCUT2D eigenvalue weighted by atomic mass is 32.2. The van der Waals surface area contributed by atoms with Crippen molar-refractivity contribution >= 4 is 10.0 Å². The zero-order valence-electron chi connectivity index (χ0n) is 13.0. The summed E-state index contributed by atoms with van der Waals surface area (Å²) >= 11 is 0. The first-order valence-electron chi connectivity index (χ1n) is 7.34. The van der Waals surface area contributed by atoms with Crippen LogP contribution in [0.4, 0.5) is 0 Å². The van der Waals surface area contributed by atoms with E-state index in [0.29, 0.717) is 18.0 Å². The Labute approximate surface area is 128 Å². The van der Waals surface area contributed by atoms with E-state index in [1.54, 1.807) is 16.4 Å². The Hall–Kier alpha value is -0.950. The summed E-state index contributed by atoms with van der Waals surface area (Å²) in [5.74, 6) is 0. The standard InChI is InChI=1S/C15H25N3O2S/c1-16-14-5-4-10-18(12-14)21(19,20)15-8-6-13(7-9-15)11-17(2)3/h6-9,14,16H,4-5,10-12H2,1-3H3. The second-order valence-electron chi connectivity index (χ2n) is 5.87. The minimum Gasteiger partial charge on any atom is -0.316 e. The minimum absolute atomic E-state index is 0.251. The molecule has 0 saturated carbocycles. The molecule has 6 heteroatoms. The van der Waals surface area contributed by atoms with Crippen molar-refractivity contribution < 1.29 is 8.42 Å². The van der Waals surface area contributed by atoms with Crippen LogP contribution in [-0.4, -0.2) is 57.9 Å². The molecule has 2 rings (SSSR count). The lowest BCUT2D eigenvalue weighted by Crippen LogP contribution is -2.46. The van der Waals surface area contributed by atoms with Crippen molar-refractivity contribution in [1.82, 2.24) is 14.5 Å². The highest BCUT2D eigenvalue weighted by Gasteiger charge is 2.29. The van der Waals surface area contributed by atoms with Gasteiger partial charge in [0.25, 0.3) is 0 Å². The number of sulfonamides is 1. The van der Waals surface area contributed by atoms with Crippen molar-refractivity contribution in [3.05, 3.63) is 29.8 Å². The maximum absolute atomic E-state index is 12.7. The van der Waals surface area contributed by atoms with E-state index in [0.717, 1.165) is 24.9 Å². The van der Waals surface area contributed by atoms with Crippen LogP contribution in [0.15, 0.2) is 29.2 Å². The molecule has 1 aliphatic rings. The van der Waals surface area contributed by atoms with Crippen molar-refractivity contribution in [2.75, 3.05) is 34.2 Å². The quantitative estimate of drug-likeness (QED) is 0.885. The number of nitrogens with zero attached hydrogens (tertiary/aromatic N) is 2. The normalized spacial score (nSPS) is 20.9. The van der Waals surface area contributed by atoms with Gasteiger partial charge in [0.2, 0.25) is 10.0 Å². The molecule has 1 aromatic carbocycles. The van der Waals surface area contributed by atoms with Crippen LogP contribution >= 0.6 is 0 Å². The van der Waals surface area contributed by atoms with Gasteiger partial charge in [-0.2, -0.15) is 4.31 Å². The molecule has 1 unspecified atom stereocenters. The van der Waals surface area contributed by atoms with Gasteiger partial charge in [0.1, 0.15) is 0 Å². The molecule has 1 atom stereocenters. The van der Waals surface area contributed by atoms with Crippen molar-refractivity contribution in [2.24, 2.45) is 0 Å². The van der Waals surface area contributed by atoms with Gasteiger partial charge in [-0.25, -0.2) is 8.42 Å². The van der Waals surface area contributed by atoms with Gasteiger partial charge in [0.05, 0.1) is 4.90 Å². The molecule has 0 spiro atoms. The number of piperidine rings is 1. The second-order valence-corrected chi connectivity index (χ2v) is 7.81. The molecular formula is C15H25N3O2S. The van der Waals surface area contributed by atoms with E-state index in [2.05, 4.69) is 10.2 Å². The smallest absolute Gasteiger partial charge is 0.243 e. The Bertz CT molecular complexity index is 555. The first-order chi connectivity index (χ1) is 9.93. The molecule has 0 bridgehead atoms. The van der Waals surface area contributed by atoms with Gasteiger partial charge >= 0.3 is 0 Å². The number of benzene rings is 1. The van der Waals surface area contributed by atoms with Crippen LogP contribution in [0.25, 0.3) is 0 Å². The van der Waals surface area contributed by atoms with Crippen LogP contribution < -0.4 is 5.32 Å². The summed E-state index contributed by atoms with van der Waals surface area (Å²) in [4.78, 5) is 2.45. The molecule has 1 aromatic rings. The van der Waals surface area contributed by atoms with E-state index in [1.807, 2.05) is 33.3 Å². The van der Waals surface area contributed by atoms with Gasteiger partial charge < -0.3 is 10.2 Å². The summed E-state index contributed by atoms with van der Waals surface area (Å²) in [6.07, 6.45) is 1.94. The fraction of sp³-hybridized carbons (Fsp3) is 0.600. The van der Waals surface area contributed by atoms with Crippen molar-refractivity contribution in [3.8, 4) is 0 Å². The van der Waals surface area contributed by atoms with Crippen LogP contribution in [0.1, 0.15) is 18.4 Å². The van der Waals surface area contributed by atoms with Gasteiger partial charge in [-0.3, -0.25) is 0 Å². The topological polar surface area (TPSA) is 52.7 Å². The Kier molecular flexibility index (Phi) is 5.37. The second kappa shape index (κ2) is 6.87. The van der Waals surface area contributed by atoms with Crippen LogP contribution in [0.2, 0.25) is 0 Å². The Morgan fingerprint density at radius 2 is 1.95 bits per heavy atom. The monoisotopic (exact) mass is 311 g/mol. The van der Waals surface area contributed by atoms with Crippen molar-refractivity contribution in [1.29, 1.82) is 0 Å². The molecule has 1 heterocycles. The average Bonchev–Trinajstić information content (AvgIpc) is 2.47. The third-order valence-corrected chi connectivity index (χ3v) is 5.73. The van der Waals surface area contributed by atoms with E-state index in [4.69, 9.17) is 0 Å². The van der Waals surface area contributed by atoms with Gasteiger partial charge in [-0.15, -0.1) is 0 Å². The van der Waals surface area contributed by atoms with Crippen LogP contribution in [0.3, 0.4) is 0 Å². The van der Waals surface area contributed by atoms with Crippen LogP contribution in [-0.2, 0) is 16.6 Å². The highest BCUT2D eigenvalue weighted by Crippen LogP contribution is 2.21. The first kappa shape index (κ1) is 16.4. The van der Waals surface area contributed by atoms with E-state index < -0.39 is 10.0 Å². The first-order valence-corrected chi connectivity index (χ1v) is 8.78. The predicted molar refractivity (Wildman–Crippen MR) is 84.7 cm³/mol. The summed E-state index contributed by atoms with van der Waals surface area (Å²) < 4.78 is 26.9. The van der Waals surface area contributed by atoms with Gasteiger partial charge in [0.15, 0.2) is 0 Å². The zero-order chi connectivity index (χ0) is 15.5. The molecule has 1 saturated heterocycles. The molecule has 118 valence electrons. The molecule has 5 nitrogen and oxygen atoms in total. The third-order valence-electron chi connectivity index (χ3n) is 3.85. The number of likely N-dealkylation sites (N-methyl/N-ethyl adjacent to an activating group) is 1. The van der Waals surface area contributed by atoms with Gasteiger partial charge in [-0.05, 0) is 51.7 Å². The largest absolute Gasteiger partial charge is 0.316 e.